The van der Waals surface area contributed by atoms with Crippen molar-refractivity contribution in [3.8, 4) is 0 Å². The number of nitrogens with zero attached hydrogens (tertiary/aromatic N) is 3. The predicted octanol–water partition coefficient (Wildman–Crippen LogP) is 4.40. The zero-order chi connectivity index (χ0) is 18.0. The molecule has 7 heteroatoms. The Morgan fingerprint density at radius 2 is 1.64 bits per heavy atom. The SMILES string of the molecule is CCN1C=CC(=Cc2c([N+](=O)[O-])cccc2[N+](=O)[O-])c2ccccc21. The number of benzene rings is 2. The molecule has 0 spiro atoms. The number of anilines is 1. The molecule has 25 heavy (non-hydrogen) atoms. The van der Waals surface area contributed by atoms with Gasteiger partial charge in [-0.15, -0.1) is 0 Å². The number of fused-ring (bicyclic) bond motifs is 1. The van der Waals surface area contributed by atoms with Gasteiger partial charge in [0, 0.05) is 36.1 Å². The molecule has 0 radical (unpaired) electrons. The first-order valence-electron chi connectivity index (χ1n) is 7.70. The molecule has 1 aliphatic heterocycles. The molecule has 7 nitrogen and oxygen atoms in total. The summed E-state index contributed by atoms with van der Waals surface area (Å²) in [6.45, 7) is 2.79. The molecule has 0 aliphatic carbocycles. The minimum absolute atomic E-state index is 0.00287. The molecule has 0 amide bonds. The Kier molecular flexibility index (Phi) is 4.30. The summed E-state index contributed by atoms with van der Waals surface area (Å²) in [5.41, 5.74) is 1.95. The van der Waals surface area contributed by atoms with Gasteiger partial charge in [-0.1, -0.05) is 18.2 Å². The highest BCUT2D eigenvalue weighted by Crippen LogP contribution is 2.37. The summed E-state index contributed by atoms with van der Waals surface area (Å²) in [4.78, 5) is 23.5. The third-order valence-corrected chi connectivity index (χ3v) is 4.05. The molecule has 0 aromatic heterocycles. The van der Waals surface area contributed by atoms with Crippen molar-refractivity contribution in [2.24, 2.45) is 0 Å². The van der Waals surface area contributed by atoms with Gasteiger partial charge in [0.25, 0.3) is 11.4 Å². The molecule has 0 N–H and O–H groups in total. The molecular formula is C18H15N3O4. The van der Waals surface area contributed by atoms with Crippen LogP contribution in [0, 0.1) is 20.2 Å². The zero-order valence-corrected chi connectivity index (χ0v) is 13.5. The average Bonchev–Trinajstić information content (AvgIpc) is 2.61. The van der Waals surface area contributed by atoms with E-state index < -0.39 is 9.85 Å². The van der Waals surface area contributed by atoms with E-state index in [1.54, 1.807) is 0 Å². The maximum absolute atomic E-state index is 11.3. The van der Waals surface area contributed by atoms with Crippen LogP contribution in [0.2, 0.25) is 0 Å². The molecular weight excluding hydrogens is 322 g/mol. The summed E-state index contributed by atoms with van der Waals surface area (Å²) in [7, 11) is 0. The van der Waals surface area contributed by atoms with Crippen molar-refractivity contribution in [3.05, 3.63) is 86.1 Å². The monoisotopic (exact) mass is 337 g/mol. The largest absolute Gasteiger partial charge is 0.348 e. The Balaban J connectivity index is 2.23. The first-order valence-corrected chi connectivity index (χ1v) is 7.70. The Labute approximate surface area is 143 Å². The Bertz CT molecular complexity index is 886. The standard InChI is InChI=1S/C18H15N3O4/c1-2-19-11-10-13(14-6-3-4-7-16(14)19)12-15-17(20(22)23)8-5-9-18(15)21(24)25/h3-12H,2H2,1H3. The second-order valence-electron chi connectivity index (χ2n) is 5.44. The van der Waals surface area contributed by atoms with Gasteiger partial charge >= 0.3 is 0 Å². The number of para-hydroxylation sites is 1. The molecule has 2 aromatic rings. The smallest absolute Gasteiger partial charge is 0.283 e. The van der Waals surface area contributed by atoms with Crippen LogP contribution in [-0.2, 0) is 0 Å². The summed E-state index contributed by atoms with van der Waals surface area (Å²) in [6.07, 6.45) is 5.19. The average molecular weight is 337 g/mol. The lowest BCUT2D eigenvalue weighted by Crippen LogP contribution is -2.18. The summed E-state index contributed by atoms with van der Waals surface area (Å²) in [5, 5.41) is 22.6. The van der Waals surface area contributed by atoms with Gasteiger partial charge in [0.1, 0.15) is 5.56 Å². The Hall–Kier alpha value is -3.48. The lowest BCUT2D eigenvalue weighted by Gasteiger charge is -2.26. The quantitative estimate of drug-likeness (QED) is 0.609. The van der Waals surface area contributed by atoms with Crippen LogP contribution < -0.4 is 4.90 Å². The molecule has 0 unspecified atom stereocenters. The highest BCUT2D eigenvalue weighted by atomic mass is 16.6. The lowest BCUT2D eigenvalue weighted by molar-refractivity contribution is -0.394. The van der Waals surface area contributed by atoms with E-state index in [9.17, 15) is 20.2 Å². The van der Waals surface area contributed by atoms with Crippen LogP contribution >= 0.6 is 0 Å². The molecule has 0 fully saturated rings. The van der Waals surface area contributed by atoms with E-state index in [0.29, 0.717) is 5.57 Å². The third kappa shape index (κ3) is 2.99. The van der Waals surface area contributed by atoms with Crippen molar-refractivity contribution in [1.29, 1.82) is 0 Å². The molecule has 2 aromatic carbocycles. The lowest BCUT2D eigenvalue weighted by atomic mass is 9.96. The van der Waals surface area contributed by atoms with E-state index >= 15 is 0 Å². The van der Waals surface area contributed by atoms with Crippen molar-refractivity contribution < 1.29 is 9.85 Å². The van der Waals surface area contributed by atoms with Crippen molar-refractivity contribution in [2.45, 2.75) is 6.92 Å². The number of hydrogen-bond acceptors (Lipinski definition) is 5. The van der Waals surface area contributed by atoms with Gasteiger partial charge in [-0.2, -0.15) is 0 Å². The number of allylic oxidation sites excluding steroid dienone is 2. The maximum Gasteiger partial charge on any atom is 0.283 e. The fourth-order valence-electron chi connectivity index (χ4n) is 2.87. The van der Waals surface area contributed by atoms with Crippen LogP contribution in [0.3, 0.4) is 0 Å². The molecule has 126 valence electrons. The van der Waals surface area contributed by atoms with Crippen LogP contribution in [0.4, 0.5) is 17.1 Å². The fraction of sp³-hybridized carbons (Fsp3) is 0.111. The topological polar surface area (TPSA) is 89.5 Å². The summed E-state index contributed by atoms with van der Waals surface area (Å²) < 4.78 is 0. The van der Waals surface area contributed by atoms with Crippen LogP contribution in [0.15, 0.2) is 54.7 Å². The third-order valence-electron chi connectivity index (χ3n) is 4.05. The zero-order valence-electron chi connectivity index (χ0n) is 13.5. The van der Waals surface area contributed by atoms with E-state index in [1.165, 1.54) is 24.3 Å². The maximum atomic E-state index is 11.3. The predicted molar refractivity (Wildman–Crippen MR) is 96.2 cm³/mol. The summed E-state index contributed by atoms with van der Waals surface area (Å²) in [5.74, 6) is 0. The van der Waals surface area contributed by atoms with Gasteiger partial charge < -0.3 is 4.90 Å². The minimum Gasteiger partial charge on any atom is -0.348 e. The molecule has 1 aliphatic rings. The number of hydrogen-bond donors (Lipinski definition) is 0. The first-order chi connectivity index (χ1) is 12.0. The van der Waals surface area contributed by atoms with Gasteiger partial charge in [0.05, 0.1) is 9.85 Å². The second kappa shape index (κ2) is 6.56. The molecule has 1 heterocycles. The highest BCUT2D eigenvalue weighted by molar-refractivity contribution is 5.97. The van der Waals surface area contributed by atoms with E-state index in [2.05, 4.69) is 0 Å². The van der Waals surface area contributed by atoms with E-state index in [-0.39, 0.29) is 16.9 Å². The summed E-state index contributed by atoms with van der Waals surface area (Å²) in [6, 6.07) is 11.5. The van der Waals surface area contributed by atoms with Crippen LogP contribution in [0.1, 0.15) is 18.1 Å². The first kappa shape index (κ1) is 16.4. The van der Waals surface area contributed by atoms with E-state index in [4.69, 9.17) is 0 Å². The van der Waals surface area contributed by atoms with E-state index in [1.807, 2.05) is 48.4 Å². The van der Waals surface area contributed by atoms with Gasteiger partial charge in [-0.3, -0.25) is 20.2 Å². The Morgan fingerprint density at radius 3 is 2.24 bits per heavy atom. The van der Waals surface area contributed by atoms with Crippen molar-refractivity contribution in [1.82, 2.24) is 0 Å². The molecule has 0 saturated heterocycles. The van der Waals surface area contributed by atoms with Crippen molar-refractivity contribution in [2.75, 3.05) is 11.4 Å². The second-order valence-corrected chi connectivity index (χ2v) is 5.44. The number of rotatable bonds is 4. The molecule has 3 rings (SSSR count). The van der Waals surface area contributed by atoms with Gasteiger partial charge in [-0.05, 0) is 36.8 Å². The number of nitro benzene ring substituents is 2. The molecule has 0 bridgehead atoms. The van der Waals surface area contributed by atoms with Crippen molar-refractivity contribution in [3.63, 3.8) is 0 Å². The highest BCUT2D eigenvalue weighted by Gasteiger charge is 2.24. The number of nitro groups is 2. The van der Waals surface area contributed by atoms with E-state index in [0.717, 1.165) is 17.8 Å². The fourth-order valence-corrected chi connectivity index (χ4v) is 2.87. The summed E-state index contributed by atoms with van der Waals surface area (Å²) >= 11 is 0. The van der Waals surface area contributed by atoms with Crippen LogP contribution in [0.25, 0.3) is 11.6 Å². The van der Waals surface area contributed by atoms with Gasteiger partial charge in [0.15, 0.2) is 0 Å². The molecule has 0 saturated carbocycles. The van der Waals surface area contributed by atoms with Crippen LogP contribution in [-0.4, -0.2) is 16.4 Å². The molecule has 0 atom stereocenters. The van der Waals surface area contributed by atoms with Crippen molar-refractivity contribution >= 4 is 28.7 Å². The van der Waals surface area contributed by atoms with Gasteiger partial charge in [0.2, 0.25) is 0 Å². The van der Waals surface area contributed by atoms with Crippen LogP contribution in [0.5, 0.6) is 0 Å². The Morgan fingerprint density at radius 1 is 1.00 bits per heavy atom. The van der Waals surface area contributed by atoms with Gasteiger partial charge in [-0.25, -0.2) is 0 Å². The minimum atomic E-state index is -0.601. The normalized spacial score (nSPS) is 14.4.